The Morgan fingerprint density at radius 3 is 2.18 bits per heavy atom. The summed E-state index contributed by atoms with van der Waals surface area (Å²) in [5.74, 6) is 0.577. The predicted octanol–water partition coefficient (Wildman–Crippen LogP) is 6.36. The molecule has 0 spiro atoms. The summed E-state index contributed by atoms with van der Waals surface area (Å²) in [6, 6.07) is 24.8. The minimum Gasteiger partial charge on any atom is -0.352 e. The van der Waals surface area contributed by atoms with E-state index in [2.05, 4.69) is 74.6 Å². The van der Waals surface area contributed by atoms with Crippen LogP contribution in [0.1, 0.15) is 43.1 Å². The van der Waals surface area contributed by atoms with Gasteiger partial charge in [0, 0.05) is 12.1 Å². The van der Waals surface area contributed by atoms with Crippen LogP contribution in [-0.4, -0.2) is 12.5 Å². The van der Waals surface area contributed by atoms with Gasteiger partial charge in [0.2, 0.25) is 0 Å². The minimum absolute atomic E-state index is 0.00316. The Balaban J connectivity index is 2.02. The summed E-state index contributed by atoms with van der Waals surface area (Å²) in [5, 5.41) is 3.09. The van der Waals surface area contributed by atoms with Gasteiger partial charge in [0.05, 0.1) is 0 Å². The Hall–Kier alpha value is -2.87. The molecule has 0 aromatic heterocycles. The summed E-state index contributed by atoms with van der Waals surface area (Å²) in [6.45, 7) is 7.22. The van der Waals surface area contributed by atoms with Gasteiger partial charge < -0.3 is 5.32 Å². The van der Waals surface area contributed by atoms with Crippen LogP contribution in [0.25, 0.3) is 22.3 Å². The fourth-order valence-electron chi connectivity index (χ4n) is 3.59. The zero-order chi connectivity index (χ0) is 19.9. The van der Waals surface area contributed by atoms with Gasteiger partial charge in [-0.25, -0.2) is 0 Å². The van der Waals surface area contributed by atoms with Crippen LogP contribution >= 0.6 is 0 Å². The van der Waals surface area contributed by atoms with Gasteiger partial charge >= 0.3 is 0 Å². The summed E-state index contributed by atoms with van der Waals surface area (Å²) in [4.78, 5) is 12.9. The molecule has 0 aliphatic carbocycles. The van der Waals surface area contributed by atoms with Crippen LogP contribution in [0.5, 0.6) is 0 Å². The molecule has 0 radical (unpaired) electrons. The van der Waals surface area contributed by atoms with Gasteiger partial charge in [0.25, 0.3) is 5.91 Å². The Kier molecular flexibility index (Phi) is 6.65. The average molecular weight is 372 g/mol. The Labute approximate surface area is 168 Å². The largest absolute Gasteiger partial charge is 0.352 e. The maximum absolute atomic E-state index is 12.9. The predicted molar refractivity (Wildman–Crippen MR) is 118 cm³/mol. The third-order valence-electron chi connectivity index (χ3n) is 5.08. The number of carbonyl (C=O) groups excluding carboxylic acids is 1. The van der Waals surface area contributed by atoms with Gasteiger partial charge in [-0.3, -0.25) is 4.79 Å². The van der Waals surface area contributed by atoms with Crippen molar-refractivity contribution in [2.24, 2.45) is 5.92 Å². The average Bonchev–Trinajstić information content (AvgIpc) is 2.73. The first-order chi connectivity index (χ1) is 13.6. The fourth-order valence-corrected chi connectivity index (χ4v) is 3.59. The molecule has 1 N–H and O–H groups in total. The highest BCUT2D eigenvalue weighted by atomic mass is 16.1. The van der Waals surface area contributed by atoms with Gasteiger partial charge in [0.15, 0.2) is 0 Å². The van der Waals surface area contributed by atoms with Gasteiger partial charge in [-0.2, -0.15) is 0 Å². The third kappa shape index (κ3) is 4.51. The molecule has 3 aromatic rings. The molecule has 2 nitrogen and oxygen atoms in total. The standard InChI is InChI=1S/C26H29NO/c1-4-21-22(20-11-6-5-7-12-20)15-10-16-23(21)24-13-8-9-14-25(24)26(28)27-18-17-19(2)3/h5-16,19H,4,17-18H2,1-3H3,(H,27,28). The number of hydrogen-bond donors (Lipinski definition) is 1. The lowest BCUT2D eigenvalue weighted by Gasteiger charge is -2.17. The lowest BCUT2D eigenvalue weighted by atomic mass is 9.88. The second kappa shape index (κ2) is 9.36. The maximum Gasteiger partial charge on any atom is 0.251 e. The molecule has 0 aliphatic heterocycles. The Morgan fingerprint density at radius 1 is 0.821 bits per heavy atom. The number of carbonyl (C=O) groups is 1. The molecule has 28 heavy (non-hydrogen) atoms. The number of benzene rings is 3. The molecular formula is C26H29NO. The van der Waals surface area contributed by atoms with E-state index < -0.39 is 0 Å². The number of rotatable bonds is 7. The van der Waals surface area contributed by atoms with Crippen LogP contribution < -0.4 is 5.32 Å². The molecule has 0 fully saturated rings. The number of amides is 1. The molecule has 0 saturated heterocycles. The second-order valence-electron chi connectivity index (χ2n) is 7.54. The number of nitrogens with one attached hydrogen (secondary N) is 1. The quantitative estimate of drug-likeness (QED) is 0.514. The van der Waals surface area contributed by atoms with Crippen molar-refractivity contribution in [2.45, 2.75) is 33.6 Å². The molecule has 0 aliphatic rings. The fraction of sp³-hybridized carbons (Fsp3) is 0.269. The van der Waals surface area contributed by atoms with E-state index in [4.69, 9.17) is 0 Å². The molecule has 3 rings (SSSR count). The van der Waals surface area contributed by atoms with Crippen LogP contribution in [0.4, 0.5) is 0 Å². The maximum atomic E-state index is 12.9. The molecule has 2 heteroatoms. The summed E-state index contributed by atoms with van der Waals surface area (Å²) < 4.78 is 0. The summed E-state index contributed by atoms with van der Waals surface area (Å²) in [7, 11) is 0. The minimum atomic E-state index is 0.00316. The lowest BCUT2D eigenvalue weighted by molar-refractivity contribution is 0.0952. The van der Waals surface area contributed by atoms with E-state index in [1.165, 1.54) is 16.7 Å². The van der Waals surface area contributed by atoms with Crippen molar-refractivity contribution >= 4 is 5.91 Å². The van der Waals surface area contributed by atoms with E-state index in [0.717, 1.165) is 29.5 Å². The van der Waals surface area contributed by atoms with Crippen molar-refractivity contribution in [1.29, 1.82) is 0 Å². The lowest BCUT2D eigenvalue weighted by Crippen LogP contribution is -2.25. The van der Waals surface area contributed by atoms with Crippen molar-refractivity contribution in [1.82, 2.24) is 5.32 Å². The smallest absolute Gasteiger partial charge is 0.251 e. The topological polar surface area (TPSA) is 29.1 Å². The van der Waals surface area contributed by atoms with Crippen molar-refractivity contribution in [3.05, 3.63) is 83.9 Å². The van der Waals surface area contributed by atoms with Crippen molar-refractivity contribution in [3.63, 3.8) is 0 Å². The van der Waals surface area contributed by atoms with Crippen LogP contribution in [0.15, 0.2) is 72.8 Å². The van der Waals surface area contributed by atoms with Crippen LogP contribution in [0.3, 0.4) is 0 Å². The number of hydrogen-bond acceptors (Lipinski definition) is 1. The van der Waals surface area contributed by atoms with Crippen LogP contribution in [0.2, 0.25) is 0 Å². The summed E-state index contributed by atoms with van der Waals surface area (Å²) in [6.07, 6.45) is 1.89. The third-order valence-corrected chi connectivity index (χ3v) is 5.08. The molecule has 0 heterocycles. The summed E-state index contributed by atoms with van der Waals surface area (Å²) >= 11 is 0. The Bertz CT molecular complexity index is 928. The molecule has 144 valence electrons. The SMILES string of the molecule is CCc1c(-c2ccccc2)cccc1-c1ccccc1C(=O)NCCC(C)C. The first kappa shape index (κ1) is 19.9. The zero-order valence-electron chi connectivity index (χ0n) is 17.0. The second-order valence-corrected chi connectivity index (χ2v) is 7.54. The van der Waals surface area contributed by atoms with Crippen LogP contribution in [-0.2, 0) is 6.42 Å². The van der Waals surface area contributed by atoms with Gasteiger partial charge in [-0.05, 0) is 52.6 Å². The molecule has 0 saturated carbocycles. The van der Waals surface area contributed by atoms with Gasteiger partial charge in [-0.1, -0.05) is 87.5 Å². The molecule has 3 aromatic carbocycles. The molecule has 0 bridgehead atoms. The van der Waals surface area contributed by atoms with E-state index in [9.17, 15) is 4.79 Å². The normalized spacial score (nSPS) is 10.9. The van der Waals surface area contributed by atoms with E-state index in [1.807, 2.05) is 24.3 Å². The van der Waals surface area contributed by atoms with Crippen molar-refractivity contribution in [2.75, 3.05) is 6.54 Å². The highest BCUT2D eigenvalue weighted by molar-refractivity contribution is 6.01. The highest BCUT2D eigenvalue weighted by Gasteiger charge is 2.16. The Morgan fingerprint density at radius 2 is 1.46 bits per heavy atom. The molecule has 0 unspecified atom stereocenters. The van der Waals surface area contributed by atoms with E-state index in [0.29, 0.717) is 12.5 Å². The molecular weight excluding hydrogens is 342 g/mol. The van der Waals surface area contributed by atoms with Crippen LogP contribution in [0, 0.1) is 5.92 Å². The summed E-state index contributed by atoms with van der Waals surface area (Å²) in [5.41, 5.74) is 6.59. The van der Waals surface area contributed by atoms with Crippen molar-refractivity contribution < 1.29 is 4.79 Å². The first-order valence-corrected chi connectivity index (χ1v) is 10.2. The first-order valence-electron chi connectivity index (χ1n) is 10.2. The van der Waals surface area contributed by atoms with E-state index >= 15 is 0 Å². The highest BCUT2D eigenvalue weighted by Crippen LogP contribution is 2.34. The van der Waals surface area contributed by atoms with Crippen molar-refractivity contribution in [3.8, 4) is 22.3 Å². The van der Waals surface area contributed by atoms with Gasteiger partial charge in [-0.15, -0.1) is 0 Å². The van der Waals surface area contributed by atoms with Gasteiger partial charge in [0.1, 0.15) is 0 Å². The molecule has 1 amide bonds. The zero-order valence-corrected chi connectivity index (χ0v) is 17.0. The van der Waals surface area contributed by atoms with E-state index in [-0.39, 0.29) is 5.91 Å². The van der Waals surface area contributed by atoms with E-state index in [1.54, 1.807) is 0 Å². The molecule has 0 atom stereocenters. The monoisotopic (exact) mass is 371 g/mol.